The Morgan fingerprint density at radius 2 is 1.17 bits per heavy atom. The third-order valence-corrected chi connectivity index (χ3v) is 4.37. The molecule has 0 fully saturated rings. The van der Waals surface area contributed by atoms with Gasteiger partial charge in [-0.15, -0.1) is 0 Å². The first-order valence-electron chi connectivity index (χ1n) is 8.80. The van der Waals surface area contributed by atoms with E-state index < -0.39 is 23.3 Å². The smallest absolute Gasteiger partial charge is 0.142 e. The Bertz CT molecular complexity index is 1190. The predicted molar refractivity (Wildman–Crippen MR) is 105 cm³/mol. The minimum Gasteiger partial charge on any atom is -0.207 e. The predicted octanol–water partition coefficient (Wildman–Crippen LogP) is 5.97. The largest absolute Gasteiger partial charge is 0.207 e. The van der Waals surface area contributed by atoms with Crippen molar-refractivity contribution in [3.63, 3.8) is 0 Å². The summed E-state index contributed by atoms with van der Waals surface area (Å²) >= 11 is 0. The lowest BCUT2D eigenvalue weighted by molar-refractivity contribution is 0.567. The molecule has 0 nitrogen and oxygen atoms in total. The van der Waals surface area contributed by atoms with Gasteiger partial charge in [-0.3, -0.25) is 0 Å². The van der Waals surface area contributed by atoms with Gasteiger partial charge in [0.1, 0.15) is 23.3 Å². The SMILES string of the molecule is Cc1cc(F)c(C#Cc2ccc(C#Cc3cc(F)c(C)c(F)c3)c(C)c2)c(F)c1. The molecule has 0 bridgehead atoms. The number of aryl methyl sites for hydroxylation is 2. The second-order valence-corrected chi connectivity index (χ2v) is 6.70. The molecule has 0 radical (unpaired) electrons. The second kappa shape index (κ2) is 8.25. The Morgan fingerprint density at radius 1 is 0.586 bits per heavy atom. The third kappa shape index (κ3) is 4.68. The summed E-state index contributed by atoms with van der Waals surface area (Å²) < 4.78 is 55.0. The van der Waals surface area contributed by atoms with Crippen molar-refractivity contribution in [3.05, 3.63) is 105 Å². The summed E-state index contributed by atoms with van der Waals surface area (Å²) in [5.41, 5.74) is 2.40. The highest BCUT2D eigenvalue weighted by molar-refractivity contribution is 5.52. The van der Waals surface area contributed by atoms with Crippen LogP contribution in [0.2, 0.25) is 0 Å². The average molecular weight is 392 g/mol. The van der Waals surface area contributed by atoms with E-state index in [2.05, 4.69) is 23.7 Å². The molecule has 0 heterocycles. The quantitative estimate of drug-likeness (QED) is 0.327. The minimum absolute atomic E-state index is 0.0453. The van der Waals surface area contributed by atoms with E-state index in [-0.39, 0.29) is 16.7 Å². The molecule has 0 amide bonds. The second-order valence-electron chi connectivity index (χ2n) is 6.70. The van der Waals surface area contributed by atoms with E-state index in [9.17, 15) is 17.6 Å². The van der Waals surface area contributed by atoms with Gasteiger partial charge in [-0.05, 0) is 74.4 Å². The zero-order valence-corrected chi connectivity index (χ0v) is 16.1. The van der Waals surface area contributed by atoms with Crippen LogP contribution in [0.5, 0.6) is 0 Å². The molecule has 3 rings (SSSR count). The molecule has 0 saturated heterocycles. The summed E-state index contributed by atoms with van der Waals surface area (Å²) in [5.74, 6) is 8.20. The Balaban J connectivity index is 1.88. The van der Waals surface area contributed by atoms with Crippen molar-refractivity contribution in [1.29, 1.82) is 0 Å². The average Bonchev–Trinajstić information content (AvgIpc) is 2.64. The molecule has 0 aliphatic carbocycles. The van der Waals surface area contributed by atoms with Crippen LogP contribution >= 0.6 is 0 Å². The summed E-state index contributed by atoms with van der Waals surface area (Å²) in [5, 5.41) is 0. The Labute approximate surface area is 167 Å². The molecule has 3 aromatic carbocycles. The van der Waals surface area contributed by atoms with Crippen LogP contribution in [0.1, 0.15) is 38.9 Å². The normalized spacial score (nSPS) is 10.0. The molecule has 0 aromatic heterocycles. The van der Waals surface area contributed by atoms with E-state index >= 15 is 0 Å². The summed E-state index contributed by atoms with van der Waals surface area (Å²) in [4.78, 5) is 0. The molecule has 3 aromatic rings. The van der Waals surface area contributed by atoms with E-state index in [4.69, 9.17) is 0 Å². The van der Waals surface area contributed by atoms with Crippen molar-refractivity contribution >= 4 is 0 Å². The molecule has 0 spiro atoms. The van der Waals surface area contributed by atoms with E-state index in [1.165, 1.54) is 31.2 Å². The van der Waals surface area contributed by atoms with Crippen molar-refractivity contribution in [1.82, 2.24) is 0 Å². The number of benzene rings is 3. The van der Waals surface area contributed by atoms with Crippen LogP contribution in [0.25, 0.3) is 0 Å². The zero-order chi connectivity index (χ0) is 21.1. The van der Waals surface area contributed by atoms with Crippen LogP contribution in [-0.2, 0) is 0 Å². The molecule has 0 atom stereocenters. The fourth-order valence-corrected chi connectivity index (χ4v) is 2.69. The van der Waals surface area contributed by atoms with Gasteiger partial charge in [0.2, 0.25) is 0 Å². The Hall–Kier alpha value is -3.50. The fraction of sp³-hybridized carbons (Fsp3) is 0.120. The monoisotopic (exact) mass is 392 g/mol. The maximum atomic E-state index is 13.9. The molecule has 0 unspecified atom stereocenters. The van der Waals surface area contributed by atoms with Crippen LogP contribution in [0.4, 0.5) is 17.6 Å². The van der Waals surface area contributed by atoms with Gasteiger partial charge in [0, 0.05) is 22.3 Å². The topological polar surface area (TPSA) is 0 Å². The van der Waals surface area contributed by atoms with E-state index in [1.54, 1.807) is 32.0 Å². The molecule has 144 valence electrons. The Kier molecular flexibility index (Phi) is 5.76. The van der Waals surface area contributed by atoms with Crippen LogP contribution in [0.15, 0.2) is 42.5 Å². The van der Waals surface area contributed by atoms with Crippen LogP contribution in [0.3, 0.4) is 0 Å². The first kappa shape index (κ1) is 20.2. The lowest BCUT2D eigenvalue weighted by Crippen LogP contribution is -1.92. The number of rotatable bonds is 0. The van der Waals surface area contributed by atoms with Gasteiger partial charge in [0.25, 0.3) is 0 Å². The lowest BCUT2D eigenvalue weighted by atomic mass is 10.0. The minimum atomic E-state index is -0.702. The molecular formula is C25H16F4. The summed E-state index contributed by atoms with van der Waals surface area (Å²) in [6, 6.07) is 9.94. The van der Waals surface area contributed by atoms with Crippen molar-refractivity contribution in [2.24, 2.45) is 0 Å². The molecule has 0 aliphatic heterocycles. The van der Waals surface area contributed by atoms with Gasteiger partial charge >= 0.3 is 0 Å². The highest BCUT2D eigenvalue weighted by atomic mass is 19.1. The number of halogens is 4. The first-order valence-corrected chi connectivity index (χ1v) is 8.80. The molecule has 0 N–H and O–H groups in total. The maximum absolute atomic E-state index is 13.9. The summed E-state index contributed by atoms with van der Waals surface area (Å²) in [7, 11) is 0. The van der Waals surface area contributed by atoms with Gasteiger partial charge in [-0.2, -0.15) is 0 Å². The third-order valence-electron chi connectivity index (χ3n) is 4.37. The molecule has 0 aliphatic rings. The van der Waals surface area contributed by atoms with Crippen LogP contribution < -0.4 is 0 Å². The highest BCUT2D eigenvalue weighted by Crippen LogP contribution is 2.16. The van der Waals surface area contributed by atoms with Gasteiger partial charge < -0.3 is 0 Å². The summed E-state index contributed by atoms with van der Waals surface area (Å²) in [6.45, 7) is 4.77. The number of hydrogen-bond acceptors (Lipinski definition) is 0. The van der Waals surface area contributed by atoms with Gasteiger partial charge in [-0.1, -0.05) is 23.7 Å². The highest BCUT2D eigenvalue weighted by Gasteiger charge is 2.07. The Morgan fingerprint density at radius 3 is 1.76 bits per heavy atom. The van der Waals surface area contributed by atoms with Crippen molar-refractivity contribution < 1.29 is 17.6 Å². The standard InChI is InChI=1S/C25H16F4/c1-15-10-24(28)21(25(29)11-15)9-6-18-4-7-20(16(2)12-18)8-5-19-13-22(26)17(3)23(27)14-19/h4,7,10-14H,1-3H3. The van der Waals surface area contributed by atoms with E-state index in [0.717, 1.165) is 5.56 Å². The van der Waals surface area contributed by atoms with E-state index in [0.29, 0.717) is 16.7 Å². The maximum Gasteiger partial charge on any atom is 0.142 e. The molecule has 4 heteroatoms. The van der Waals surface area contributed by atoms with Gasteiger partial charge in [0.05, 0.1) is 5.56 Å². The van der Waals surface area contributed by atoms with E-state index in [1.807, 2.05) is 0 Å². The first-order chi connectivity index (χ1) is 13.7. The summed E-state index contributed by atoms with van der Waals surface area (Å²) in [6.07, 6.45) is 0. The van der Waals surface area contributed by atoms with Crippen molar-refractivity contribution in [3.8, 4) is 23.7 Å². The molecular weight excluding hydrogens is 376 g/mol. The molecule has 0 saturated carbocycles. The number of hydrogen-bond donors (Lipinski definition) is 0. The van der Waals surface area contributed by atoms with Crippen LogP contribution in [-0.4, -0.2) is 0 Å². The van der Waals surface area contributed by atoms with Crippen LogP contribution in [0, 0.1) is 67.7 Å². The van der Waals surface area contributed by atoms with Gasteiger partial charge in [0.15, 0.2) is 0 Å². The molecule has 29 heavy (non-hydrogen) atoms. The lowest BCUT2D eigenvalue weighted by Gasteiger charge is -2.01. The van der Waals surface area contributed by atoms with Crippen molar-refractivity contribution in [2.45, 2.75) is 20.8 Å². The zero-order valence-electron chi connectivity index (χ0n) is 16.1. The van der Waals surface area contributed by atoms with Crippen molar-refractivity contribution in [2.75, 3.05) is 0 Å². The van der Waals surface area contributed by atoms with Gasteiger partial charge in [-0.25, -0.2) is 17.6 Å². The fourth-order valence-electron chi connectivity index (χ4n) is 2.69.